The molecule has 7 heteroatoms. The molecule has 0 unspecified atom stereocenters. The minimum Gasteiger partial charge on any atom is -0.467 e. The number of carbonyl (C=O) groups is 1. The Labute approximate surface area is 77.1 Å². The number of aromatic amines is 1. The SMILES string of the molecule is O=COCCc1[nH]cnc1C(F)(F)F. The predicted octanol–water partition coefficient (Wildman–Crippen LogP) is 1.14. The van der Waals surface area contributed by atoms with Gasteiger partial charge in [0.1, 0.15) is 0 Å². The lowest BCUT2D eigenvalue weighted by Crippen LogP contribution is -2.10. The number of imidazole rings is 1. The van der Waals surface area contributed by atoms with E-state index in [1.807, 2.05) is 0 Å². The minimum absolute atomic E-state index is 0.0341. The molecule has 0 aliphatic rings. The number of hydrogen-bond donors (Lipinski definition) is 1. The molecule has 4 nitrogen and oxygen atoms in total. The van der Waals surface area contributed by atoms with Gasteiger partial charge < -0.3 is 9.72 Å². The van der Waals surface area contributed by atoms with E-state index in [4.69, 9.17) is 0 Å². The number of ether oxygens (including phenoxy) is 1. The van der Waals surface area contributed by atoms with Crippen LogP contribution < -0.4 is 0 Å². The summed E-state index contributed by atoms with van der Waals surface area (Å²) in [6.07, 6.45) is -3.55. The van der Waals surface area contributed by atoms with Crippen molar-refractivity contribution in [2.45, 2.75) is 12.6 Å². The summed E-state index contributed by atoms with van der Waals surface area (Å²) < 4.78 is 40.9. The Hall–Kier alpha value is -1.53. The Morgan fingerprint density at radius 2 is 2.29 bits per heavy atom. The van der Waals surface area contributed by atoms with Crippen LogP contribution in [0.3, 0.4) is 0 Å². The molecule has 1 aromatic heterocycles. The van der Waals surface area contributed by atoms with Crippen molar-refractivity contribution in [2.75, 3.05) is 6.61 Å². The summed E-state index contributed by atoms with van der Waals surface area (Å²) >= 11 is 0. The molecule has 1 aromatic rings. The summed E-state index contributed by atoms with van der Waals surface area (Å²) in [4.78, 5) is 15.2. The largest absolute Gasteiger partial charge is 0.467 e. The van der Waals surface area contributed by atoms with Crippen LogP contribution in [0.5, 0.6) is 0 Å². The van der Waals surface area contributed by atoms with Gasteiger partial charge in [-0.3, -0.25) is 4.79 Å². The van der Waals surface area contributed by atoms with E-state index in [9.17, 15) is 18.0 Å². The standard InChI is InChI=1S/C7H7F3N2O2/c8-7(9,10)6-5(11-3-12-6)1-2-14-4-13/h3-4H,1-2H2,(H,11,12). The van der Waals surface area contributed by atoms with Crippen LogP contribution in [-0.4, -0.2) is 23.0 Å². The van der Waals surface area contributed by atoms with E-state index in [1.54, 1.807) is 0 Å². The lowest BCUT2D eigenvalue weighted by atomic mass is 10.2. The third-order valence-corrected chi connectivity index (χ3v) is 1.52. The average molecular weight is 208 g/mol. The first-order chi connectivity index (χ1) is 6.55. The molecule has 14 heavy (non-hydrogen) atoms. The minimum atomic E-state index is -4.48. The zero-order chi connectivity index (χ0) is 10.6. The molecule has 78 valence electrons. The van der Waals surface area contributed by atoms with E-state index < -0.39 is 11.9 Å². The molecular formula is C7H7F3N2O2. The molecule has 1 heterocycles. The third kappa shape index (κ3) is 2.48. The highest BCUT2D eigenvalue weighted by molar-refractivity contribution is 5.36. The van der Waals surface area contributed by atoms with Crippen LogP contribution in [0.4, 0.5) is 13.2 Å². The number of aromatic nitrogens is 2. The highest BCUT2D eigenvalue weighted by Crippen LogP contribution is 2.29. The van der Waals surface area contributed by atoms with Crippen molar-refractivity contribution in [3.05, 3.63) is 17.7 Å². The molecule has 0 atom stereocenters. The number of nitrogens with one attached hydrogen (secondary N) is 1. The van der Waals surface area contributed by atoms with E-state index in [0.29, 0.717) is 0 Å². The lowest BCUT2D eigenvalue weighted by molar-refractivity contribution is -0.141. The summed E-state index contributed by atoms with van der Waals surface area (Å²) in [5.74, 6) is 0. The van der Waals surface area contributed by atoms with Crippen molar-refractivity contribution >= 4 is 6.47 Å². The number of carbonyl (C=O) groups excluding carboxylic acids is 1. The Bertz CT molecular complexity index is 308. The second kappa shape index (κ2) is 4.12. The molecule has 0 bridgehead atoms. The molecular weight excluding hydrogens is 201 g/mol. The zero-order valence-electron chi connectivity index (χ0n) is 6.97. The quantitative estimate of drug-likeness (QED) is 0.596. The molecule has 0 saturated heterocycles. The molecule has 0 aliphatic heterocycles. The first kappa shape index (κ1) is 10.6. The van der Waals surface area contributed by atoms with Crippen LogP contribution in [0.15, 0.2) is 6.33 Å². The van der Waals surface area contributed by atoms with Gasteiger partial charge in [-0.2, -0.15) is 13.2 Å². The molecule has 0 aliphatic carbocycles. The number of halogens is 3. The summed E-state index contributed by atoms with van der Waals surface area (Å²) in [6, 6.07) is 0. The number of hydrogen-bond acceptors (Lipinski definition) is 3. The fourth-order valence-corrected chi connectivity index (χ4v) is 0.965. The number of rotatable bonds is 4. The molecule has 1 N–H and O–H groups in total. The second-order valence-corrected chi connectivity index (χ2v) is 2.44. The fourth-order valence-electron chi connectivity index (χ4n) is 0.965. The monoisotopic (exact) mass is 208 g/mol. The van der Waals surface area contributed by atoms with E-state index >= 15 is 0 Å². The first-order valence-corrected chi connectivity index (χ1v) is 3.70. The molecule has 0 fully saturated rings. The van der Waals surface area contributed by atoms with Gasteiger partial charge in [0.25, 0.3) is 6.47 Å². The summed E-state index contributed by atoms with van der Waals surface area (Å²) in [6.45, 7) is 0.0817. The molecule has 0 amide bonds. The molecule has 0 aromatic carbocycles. The number of alkyl halides is 3. The zero-order valence-corrected chi connectivity index (χ0v) is 6.97. The van der Waals surface area contributed by atoms with Gasteiger partial charge in [-0.1, -0.05) is 0 Å². The first-order valence-electron chi connectivity index (χ1n) is 3.70. The second-order valence-electron chi connectivity index (χ2n) is 2.44. The molecule has 0 radical (unpaired) electrons. The van der Waals surface area contributed by atoms with E-state index in [-0.39, 0.29) is 25.2 Å². The third-order valence-electron chi connectivity index (χ3n) is 1.52. The van der Waals surface area contributed by atoms with Gasteiger partial charge in [-0.15, -0.1) is 0 Å². The van der Waals surface area contributed by atoms with E-state index in [0.717, 1.165) is 6.33 Å². The maximum atomic E-state index is 12.2. The number of nitrogens with zero attached hydrogens (tertiary/aromatic N) is 1. The van der Waals surface area contributed by atoms with Gasteiger partial charge in [0, 0.05) is 6.42 Å². The van der Waals surface area contributed by atoms with Crippen molar-refractivity contribution < 1.29 is 22.7 Å². The van der Waals surface area contributed by atoms with Crippen LogP contribution in [0.25, 0.3) is 0 Å². The summed E-state index contributed by atoms with van der Waals surface area (Å²) in [5.41, 5.74) is -1.05. The predicted molar refractivity (Wildman–Crippen MR) is 39.3 cm³/mol. The summed E-state index contributed by atoms with van der Waals surface area (Å²) in [5, 5.41) is 0. The Morgan fingerprint density at radius 1 is 1.57 bits per heavy atom. The summed E-state index contributed by atoms with van der Waals surface area (Å²) in [7, 11) is 0. The van der Waals surface area contributed by atoms with Gasteiger partial charge in [0.05, 0.1) is 18.6 Å². The van der Waals surface area contributed by atoms with Gasteiger partial charge in [0.2, 0.25) is 0 Å². The maximum absolute atomic E-state index is 12.2. The van der Waals surface area contributed by atoms with Crippen LogP contribution >= 0.6 is 0 Å². The lowest BCUT2D eigenvalue weighted by Gasteiger charge is -2.05. The van der Waals surface area contributed by atoms with Gasteiger partial charge >= 0.3 is 6.18 Å². The van der Waals surface area contributed by atoms with Crippen molar-refractivity contribution in [2.24, 2.45) is 0 Å². The molecule has 0 spiro atoms. The van der Waals surface area contributed by atoms with Crippen molar-refractivity contribution in [1.29, 1.82) is 0 Å². The van der Waals surface area contributed by atoms with E-state index in [1.165, 1.54) is 0 Å². The van der Waals surface area contributed by atoms with Crippen molar-refractivity contribution in [3.63, 3.8) is 0 Å². The highest BCUT2D eigenvalue weighted by Gasteiger charge is 2.35. The Morgan fingerprint density at radius 3 is 2.86 bits per heavy atom. The van der Waals surface area contributed by atoms with Crippen LogP contribution in [0, 0.1) is 0 Å². The maximum Gasteiger partial charge on any atom is 0.435 e. The molecule has 0 saturated carbocycles. The normalized spacial score (nSPS) is 11.4. The highest BCUT2D eigenvalue weighted by atomic mass is 19.4. The van der Waals surface area contributed by atoms with Gasteiger partial charge in [-0.05, 0) is 0 Å². The Balaban J connectivity index is 2.68. The van der Waals surface area contributed by atoms with E-state index in [2.05, 4.69) is 14.7 Å². The fraction of sp³-hybridized carbons (Fsp3) is 0.429. The van der Waals surface area contributed by atoms with Gasteiger partial charge in [-0.25, -0.2) is 4.98 Å². The van der Waals surface area contributed by atoms with Crippen molar-refractivity contribution in [3.8, 4) is 0 Å². The van der Waals surface area contributed by atoms with Crippen molar-refractivity contribution in [1.82, 2.24) is 9.97 Å². The molecule has 1 rings (SSSR count). The number of H-pyrrole nitrogens is 1. The average Bonchev–Trinajstić information content (AvgIpc) is 2.52. The van der Waals surface area contributed by atoms with Crippen LogP contribution in [-0.2, 0) is 22.1 Å². The smallest absolute Gasteiger partial charge is 0.435 e. The van der Waals surface area contributed by atoms with Gasteiger partial charge in [0.15, 0.2) is 5.69 Å². The Kier molecular flexibility index (Phi) is 3.10. The van der Waals surface area contributed by atoms with Crippen LogP contribution in [0.1, 0.15) is 11.4 Å². The van der Waals surface area contributed by atoms with Crippen LogP contribution in [0.2, 0.25) is 0 Å². The topological polar surface area (TPSA) is 55.0 Å².